The molecule has 0 radical (unpaired) electrons. The highest BCUT2D eigenvalue weighted by Gasteiger charge is 2.28. The number of aliphatic hydroxyl groups is 1. The monoisotopic (exact) mass is 360 g/mol. The molecule has 0 saturated carbocycles. The molecule has 0 bridgehead atoms. The second-order valence-corrected chi connectivity index (χ2v) is 7.90. The summed E-state index contributed by atoms with van der Waals surface area (Å²) in [5.74, 6) is 0.575. The van der Waals surface area contributed by atoms with Gasteiger partial charge in [0.1, 0.15) is 0 Å². The zero-order valence-electron chi connectivity index (χ0n) is 17.1. The third-order valence-corrected chi connectivity index (χ3v) is 5.60. The van der Waals surface area contributed by atoms with E-state index in [0.29, 0.717) is 6.42 Å². The van der Waals surface area contributed by atoms with Crippen molar-refractivity contribution in [2.75, 3.05) is 0 Å². The number of rotatable bonds is 15. The first kappa shape index (κ1) is 22.9. The van der Waals surface area contributed by atoms with Gasteiger partial charge >= 0.3 is 0 Å². The van der Waals surface area contributed by atoms with Gasteiger partial charge in [0.25, 0.3) is 0 Å². The van der Waals surface area contributed by atoms with Gasteiger partial charge in [0, 0.05) is 11.8 Å². The van der Waals surface area contributed by atoms with Crippen LogP contribution in [0, 0.1) is 11.8 Å². The van der Waals surface area contributed by atoms with Gasteiger partial charge in [0.2, 0.25) is 0 Å². The SMILES string of the molecule is C=CC(O)(CC=C[C@H]1C=CC(=O)[C@@H]1CCCCCCC)CCCCCC. The molecule has 1 aliphatic carbocycles. The molecule has 2 nitrogen and oxygen atoms in total. The van der Waals surface area contributed by atoms with E-state index in [1.807, 2.05) is 6.08 Å². The van der Waals surface area contributed by atoms with E-state index in [-0.39, 0.29) is 17.6 Å². The van der Waals surface area contributed by atoms with Crippen molar-refractivity contribution >= 4 is 5.78 Å². The second kappa shape index (κ2) is 13.1. The molecule has 0 amide bonds. The largest absolute Gasteiger partial charge is 0.385 e. The van der Waals surface area contributed by atoms with Crippen molar-refractivity contribution < 1.29 is 9.90 Å². The molecule has 0 aromatic carbocycles. The summed E-state index contributed by atoms with van der Waals surface area (Å²) in [6, 6.07) is 0. The van der Waals surface area contributed by atoms with Crippen LogP contribution < -0.4 is 0 Å². The van der Waals surface area contributed by atoms with Crippen LogP contribution in [0.25, 0.3) is 0 Å². The summed E-state index contributed by atoms with van der Waals surface area (Å²) in [5.41, 5.74) is -0.813. The Balaban J connectivity index is 2.44. The molecular weight excluding hydrogens is 320 g/mol. The van der Waals surface area contributed by atoms with Crippen LogP contribution in [0.15, 0.2) is 37.0 Å². The smallest absolute Gasteiger partial charge is 0.159 e. The van der Waals surface area contributed by atoms with Crippen molar-refractivity contribution in [1.82, 2.24) is 0 Å². The summed E-state index contributed by atoms with van der Waals surface area (Å²) in [6.45, 7) is 8.24. The normalized spacial score (nSPS) is 22.2. The predicted molar refractivity (Wildman–Crippen MR) is 112 cm³/mol. The summed E-state index contributed by atoms with van der Waals surface area (Å²) in [4.78, 5) is 12.1. The molecule has 0 fully saturated rings. The van der Waals surface area contributed by atoms with Gasteiger partial charge in [0.05, 0.1) is 5.60 Å². The molecule has 1 unspecified atom stereocenters. The lowest BCUT2D eigenvalue weighted by Crippen LogP contribution is -2.24. The first-order valence-electron chi connectivity index (χ1n) is 10.8. The minimum absolute atomic E-state index is 0.106. The molecule has 0 aliphatic heterocycles. The molecule has 3 atom stereocenters. The summed E-state index contributed by atoms with van der Waals surface area (Å²) in [5, 5.41) is 10.7. The maximum atomic E-state index is 12.1. The molecule has 0 heterocycles. The maximum absolute atomic E-state index is 12.1. The Morgan fingerprint density at radius 2 is 1.73 bits per heavy atom. The average molecular weight is 361 g/mol. The van der Waals surface area contributed by atoms with E-state index in [0.717, 1.165) is 32.1 Å². The van der Waals surface area contributed by atoms with Crippen LogP contribution >= 0.6 is 0 Å². The molecule has 1 N–H and O–H groups in total. The Labute approximate surface area is 161 Å². The van der Waals surface area contributed by atoms with Gasteiger partial charge in [-0.25, -0.2) is 0 Å². The van der Waals surface area contributed by atoms with E-state index < -0.39 is 5.60 Å². The molecule has 26 heavy (non-hydrogen) atoms. The van der Waals surface area contributed by atoms with Gasteiger partial charge < -0.3 is 5.11 Å². The lowest BCUT2D eigenvalue weighted by atomic mass is 9.87. The fourth-order valence-electron chi connectivity index (χ4n) is 3.73. The lowest BCUT2D eigenvalue weighted by molar-refractivity contribution is -0.118. The fraction of sp³-hybridized carbons (Fsp3) is 0.708. The minimum atomic E-state index is -0.813. The molecular formula is C24H40O2. The third-order valence-electron chi connectivity index (χ3n) is 5.60. The van der Waals surface area contributed by atoms with Crippen molar-refractivity contribution in [3.05, 3.63) is 37.0 Å². The molecule has 1 aliphatic rings. The Hall–Kier alpha value is -1.15. The first-order chi connectivity index (χ1) is 12.6. The number of carbonyl (C=O) groups excluding carboxylic acids is 1. The second-order valence-electron chi connectivity index (χ2n) is 7.90. The van der Waals surface area contributed by atoms with Crippen molar-refractivity contribution in [3.8, 4) is 0 Å². The highest BCUT2D eigenvalue weighted by atomic mass is 16.3. The van der Waals surface area contributed by atoms with Crippen molar-refractivity contribution in [1.29, 1.82) is 0 Å². The van der Waals surface area contributed by atoms with Crippen LogP contribution in [0.1, 0.15) is 90.9 Å². The number of hydrogen-bond donors (Lipinski definition) is 1. The van der Waals surface area contributed by atoms with Gasteiger partial charge in [-0.1, -0.05) is 95.9 Å². The molecule has 148 valence electrons. The molecule has 1 rings (SSSR count). The molecule has 0 aromatic heterocycles. The standard InChI is InChI=1S/C24H40O2/c1-4-7-9-11-12-16-22-21(17-18-23(22)25)15-14-20-24(26,6-3)19-13-10-8-5-2/h6,14-15,17-18,21-22,26H,3-5,7-13,16,19-20H2,1-2H3/t21-,22+,24?/m0/s1. The fourth-order valence-corrected chi connectivity index (χ4v) is 3.73. The summed E-state index contributed by atoms with van der Waals surface area (Å²) in [7, 11) is 0. The quantitative estimate of drug-likeness (QED) is 0.265. The van der Waals surface area contributed by atoms with E-state index in [2.05, 4.69) is 32.6 Å². The van der Waals surface area contributed by atoms with Gasteiger partial charge in [0.15, 0.2) is 5.78 Å². The number of ketones is 1. The van der Waals surface area contributed by atoms with Crippen molar-refractivity contribution in [3.63, 3.8) is 0 Å². The first-order valence-corrected chi connectivity index (χ1v) is 10.8. The summed E-state index contributed by atoms with van der Waals surface area (Å²) >= 11 is 0. The van der Waals surface area contributed by atoms with Crippen LogP contribution in [0.4, 0.5) is 0 Å². The van der Waals surface area contributed by atoms with E-state index in [1.54, 1.807) is 12.2 Å². The Morgan fingerprint density at radius 3 is 2.38 bits per heavy atom. The van der Waals surface area contributed by atoms with Crippen LogP contribution in [0.3, 0.4) is 0 Å². The Kier molecular flexibility index (Phi) is 11.5. The van der Waals surface area contributed by atoms with Gasteiger partial charge in [-0.15, -0.1) is 6.58 Å². The van der Waals surface area contributed by atoms with Crippen LogP contribution in [0.5, 0.6) is 0 Å². The lowest BCUT2D eigenvalue weighted by Gasteiger charge is -2.23. The number of carbonyl (C=O) groups is 1. The highest BCUT2D eigenvalue weighted by Crippen LogP contribution is 2.30. The molecule has 0 aromatic rings. The topological polar surface area (TPSA) is 37.3 Å². The van der Waals surface area contributed by atoms with Gasteiger partial charge in [-0.05, 0) is 25.3 Å². The Morgan fingerprint density at radius 1 is 1.08 bits per heavy atom. The van der Waals surface area contributed by atoms with E-state index in [9.17, 15) is 9.90 Å². The van der Waals surface area contributed by atoms with Gasteiger partial charge in [-0.3, -0.25) is 4.79 Å². The van der Waals surface area contributed by atoms with E-state index in [4.69, 9.17) is 0 Å². The van der Waals surface area contributed by atoms with Crippen LogP contribution in [-0.2, 0) is 4.79 Å². The van der Waals surface area contributed by atoms with E-state index >= 15 is 0 Å². The van der Waals surface area contributed by atoms with Crippen molar-refractivity contribution in [2.24, 2.45) is 11.8 Å². The average Bonchev–Trinajstić information content (AvgIpc) is 2.99. The summed E-state index contributed by atoms with van der Waals surface area (Å²) in [6.07, 6.45) is 22.8. The zero-order valence-corrected chi connectivity index (χ0v) is 17.1. The molecule has 0 saturated heterocycles. The third kappa shape index (κ3) is 8.49. The number of unbranched alkanes of at least 4 members (excludes halogenated alkanes) is 7. The number of allylic oxidation sites excluding steroid dienone is 3. The van der Waals surface area contributed by atoms with Crippen LogP contribution in [-0.4, -0.2) is 16.5 Å². The van der Waals surface area contributed by atoms with Crippen LogP contribution in [0.2, 0.25) is 0 Å². The molecule has 0 spiro atoms. The predicted octanol–water partition coefficient (Wildman–Crippen LogP) is 6.55. The zero-order chi connectivity index (χ0) is 19.3. The highest BCUT2D eigenvalue weighted by molar-refractivity contribution is 5.94. The van der Waals surface area contributed by atoms with Gasteiger partial charge in [-0.2, -0.15) is 0 Å². The number of hydrogen-bond acceptors (Lipinski definition) is 2. The molecule has 2 heteroatoms. The van der Waals surface area contributed by atoms with Crippen molar-refractivity contribution in [2.45, 2.75) is 96.5 Å². The minimum Gasteiger partial charge on any atom is -0.385 e. The Bertz CT molecular complexity index is 463. The summed E-state index contributed by atoms with van der Waals surface area (Å²) < 4.78 is 0. The maximum Gasteiger partial charge on any atom is 0.159 e. The van der Waals surface area contributed by atoms with E-state index in [1.165, 1.54) is 38.5 Å².